The second-order valence-corrected chi connectivity index (χ2v) is 19.6. The van der Waals surface area contributed by atoms with Crippen molar-refractivity contribution in [3.05, 3.63) is 296 Å². The van der Waals surface area contributed by atoms with E-state index in [4.69, 9.17) is 4.42 Å². The first-order valence-electron chi connectivity index (χ1n) is 25.9. The van der Waals surface area contributed by atoms with Crippen molar-refractivity contribution in [3.8, 4) is 50.2 Å². The first-order valence-corrected chi connectivity index (χ1v) is 25.9. The smallest absolute Gasteiger partial charge is 0.137 e. The second kappa shape index (κ2) is 18.7. The average molecular weight is 959 g/mol. The van der Waals surface area contributed by atoms with Gasteiger partial charge in [0.15, 0.2) is 0 Å². The fourth-order valence-corrected chi connectivity index (χ4v) is 11.4. The highest BCUT2D eigenvalue weighted by Gasteiger charge is 2.20. The van der Waals surface area contributed by atoms with Gasteiger partial charge in [-0.2, -0.15) is 0 Å². The Hall–Kier alpha value is -9.70. The van der Waals surface area contributed by atoms with Crippen LogP contribution in [0.5, 0.6) is 0 Å². The lowest BCUT2D eigenvalue weighted by molar-refractivity contribution is 0.668. The van der Waals surface area contributed by atoms with Gasteiger partial charge in [-0.1, -0.05) is 206 Å². The molecule has 13 aromatic rings. The quantitative estimate of drug-likeness (QED) is 0.136. The van der Waals surface area contributed by atoms with Crippen molar-refractivity contribution < 1.29 is 4.42 Å². The van der Waals surface area contributed by atoms with E-state index in [1.54, 1.807) is 0 Å². The topological polar surface area (TPSA) is 21.3 Å². The first kappa shape index (κ1) is 44.0. The SMILES string of the molecule is C1=CC(c2ccc(N(c3ccc(-c4ccc(-c5ccccc5)cc4)cc3)c3cccc(-c4cccc(-c5cccc6c5c5ccccc5n6-c5ccc6c(c5)oc5ccccc56)c4)c3)cc2)CC=C1c1ccccc1. The van der Waals surface area contributed by atoms with Crippen LogP contribution >= 0.6 is 0 Å². The highest BCUT2D eigenvalue weighted by atomic mass is 16.3. The molecule has 2 aromatic heterocycles. The van der Waals surface area contributed by atoms with E-state index in [1.807, 2.05) is 12.1 Å². The van der Waals surface area contributed by atoms with Gasteiger partial charge < -0.3 is 13.9 Å². The van der Waals surface area contributed by atoms with E-state index in [1.165, 1.54) is 60.9 Å². The summed E-state index contributed by atoms with van der Waals surface area (Å²) in [6.07, 6.45) is 7.98. The van der Waals surface area contributed by atoms with Crippen LogP contribution in [0.4, 0.5) is 17.1 Å². The Balaban J connectivity index is 0.819. The van der Waals surface area contributed by atoms with E-state index in [-0.39, 0.29) is 0 Å². The Morgan fingerprint density at radius 3 is 1.67 bits per heavy atom. The van der Waals surface area contributed by atoms with Gasteiger partial charge in [0.25, 0.3) is 0 Å². The van der Waals surface area contributed by atoms with Crippen LogP contribution in [0, 0.1) is 0 Å². The lowest BCUT2D eigenvalue weighted by atomic mass is 9.88. The third kappa shape index (κ3) is 8.12. The summed E-state index contributed by atoms with van der Waals surface area (Å²) in [6.45, 7) is 0. The number of allylic oxidation sites excluding steroid dienone is 4. The lowest BCUT2D eigenvalue weighted by Crippen LogP contribution is -2.10. The molecule has 354 valence electrons. The molecule has 0 saturated heterocycles. The van der Waals surface area contributed by atoms with Gasteiger partial charge in [0, 0.05) is 56.3 Å². The molecule has 0 spiro atoms. The summed E-state index contributed by atoms with van der Waals surface area (Å²) >= 11 is 0. The standard InChI is InChI=1S/C72H50N2O/c1-3-14-49(15-4-1)51-28-32-53(33-29-51)55-36-40-60(41-37-55)73(61-42-38-56(39-43-61)54-34-30-52(31-35-54)50-16-5-2-6-17-50)62-21-12-19-58(47-62)57-18-11-20-59(46-57)64-24-13-26-69-72(64)67-23-7-9-25-68(67)74(69)63-44-45-66-65-22-8-10-27-70(65)75-71(66)48-63/h1-34,36-48,54H,35H2. The summed E-state index contributed by atoms with van der Waals surface area (Å²) in [5.41, 5.74) is 21.8. The fourth-order valence-electron chi connectivity index (χ4n) is 11.4. The minimum absolute atomic E-state index is 0.317. The lowest BCUT2D eigenvalue weighted by Gasteiger charge is -2.27. The molecule has 11 aromatic carbocycles. The Bertz CT molecular complexity index is 4290. The minimum atomic E-state index is 0.317. The number of hydrogen-bond acceptors (Lipinski definition) is 2. The number of fused-ring (bicyclic) bond motifs is 6. The molecular weight excluding hydrogens is 909 g/mol. The summed E-state index contributed by atoms with van der Waals surface area (Å²) in [7, 11) is 0. The Morgan fingerprint density at radius 1 is 0.373 bits per heavy atom. The molecule has 75 heavy (non-hydrogen) atoms. The fraction of sp³-hybridized carbons (Fsp3) is 0.0278. The molecule has 1 aliphatic carbocycles. The van der Waals surface area contributed by atoms with Crippen LogP contribution in [0.1, 0.15) is 23.5 Å². The summed E-state index contributed by atoms with van der Waals surface area (Å²) in [5.74, 6) is 0.317. The minimum Gasteiger partial charge on any atom is -0.456 e. The van der Waals surface area contributed by atoms with E-state index in [0.717, 1.165) is 73.3 Å². The largest absolute Gasteiger partial charge is 0.456 e. The third-order valence-corrected chi connectivity index (χ3v) is 15.2. The Morgan fingerprint density at radius 2 is 0.933 bits per heavy atom. The van der Waals surface area contributed by atoms with Crippen molar-refractivity contribution in [1.82, 2.24) is 4.57 Å². The predicted molar refractivity (Wildman–Crippen MR) is 315 cm³/mol. The molecule has 1 aliphatic rings. The summed E-state index contributed by atoms with van der Waals surface area (Å²) < 4.78 is 8.78. The monoisotopic (exact) mass is 958 g/mol. The summed E-state index contributed by atoms with van der Waals surface area (Å²) in [6, 6.07) is 96.7. The molecule has 3 heteroatoms. The van der Waals surface area contributed by atoms with E-state index in [0.29, 0.717) is 5.92 Å². The van der Waals surface area contributed by atoms with E-state index >= 15 is 0 Å². The molecule has 0 bridgehead atoms. The molecule has 0 amide bonds. The molecule has 0 N–H and O–H groups in total. The maximum Gasteiger partial charge on any atom is 0.137 e. The number of nitrogens with zero attached hydrogens (tertiary/aromatic N) is 2. The Kier molecular flexibility index (Phi) is 11.0. The van der Waals surface area contributed by atoms with Crippen molar-refractivity contribution in [2.75, 3.05) is 4.90 Å². The molecule has 0 aliphatic heterocycles. The average Bonchev–Trinajstić information content (AvgIpc) is 4.08. The van der Waals surface area contributed by atoms with E-state index in [9.17, 15) is 0 Å². The van der Waals surface area contributed by atoms with Crippen molar-refractivity contribution in [2.45, 2.75) is 12.3 Å². The van der Waals surface area contributed by atoms with Gasteiger partial charge in [-0.3, -0.25) is 0 Å². The van der Waals surface area contributed by atoms with Gasteiger partial charge in [-0.05, 0) is 140 Å². The number of furan rings is 1. The molecule has 0 saturated carbocycles. The van der Waals surface area contributed by atoms with Crippen LogP contribution in [-0.2, 0) is 0 Å². The molecule has 1 unspecified atom stereocenters. The zero-order chi connectivity index (χ0) is 49.7. The van der Waals surface area contributed by atoms with Gasteiger partial charge in [0.1, 0.15) is 11.2 Å². The van der Waals surface area contributed by atoms with Crippen LogP contribution in [0.25, 0.3) is 99.5 Å². The van der Waals surface area contributed by atoms with Crippen LogP contribution < -0.4 is 4.90 Å². The molecule has 0 radical (unpaired) electrons. The van der Waals surface area contributed by atoms with Crippen LogP contribution in [0.2, 0.25) is 0 Å². The van der Waals surface area contributed by atoms with Gasteiger partial charge in [0.05, 0.1) is 11.0 Å². The van der Waals surface area contributed by atoms with Crippen molar-refractivity contribution in [1.29, 1.82) is 0 Å². The zero-order valence-corrected chi connectivity index (χ0v) is 41.2. The normalized spacial score (nSPS) is 13.4. The van der Waals surface area contributed by atoms with Gasteiger partial charge in [-0.15, -0.1) is 0 Å². The maximum absolute atomic E-state index is 6.40. The molecule has 1 atom stereocenters. The molecule has 14 rings (SSSR count). The van der Waals surface area contributed by atoms with E-state index < -0.39 is 0 Å². The van der Waals surface area contributed by atoms with Crippen molar-refractivity contribution in [3.63, 3.8) is 0 Å². The number of anilines is 3. The van der Waals surface area contributed by atoms with Crippen LogP contribution in [0.3, 0.4) is 0 Å². The van der Waals surface area contributed by atoms with Crippen molar-refractivity contribution in [2.24, 2.45) is 0 Å². The molecule has 3 nitrogen and oxygen atoms in total. The van der Waals surface area contributed by atoms with Gasteiger partial charge >= 0.3 is 0 Å². The summed E-state index contributed by atoms with van der Waals surface area (Å²) in [4.78, 5) is 2.39. The maximum atomic E-state index is 6.40. The van der Waals surface area contributed by atoms with Crippen LogP contribution in [-0.4, -0.2) is 4.57 Å². The van der Waals surface area contributed by atoms with Crippen LogP contribution in [0.15, 0.2) is 290 Å². The molecular formula is C72H50N2O. The Labute approximate surface area is 436 Å². The molecule has 2 heterocycles. The second-order valence-electron chi connectivity index (χ2n) is 19.6. The van der Waals surface area contributed by atoms with Gasteiger partial charge in [0.2, 0.25) is 0 Å². The van der Waals surface area contributed by atoms with Crippen molar-refractivity contribution >= 4 is 66.4 Å². The number of benzene rings is 11. The highest BCUT2D eigenvalue weighted by Crippen LogP contribution is 2.43. The molecule has 0 fully saturated rings. The third-order valence-electron chi connectivity index (χ3n) is 15.2. The zero-order valence-electron chi connectivity index (χ0n) is 41.2. The number of para-hydroxylation sites is 2. The highest BCUT2D eigenvalue weighted by molar-refractivity contribution is 6.16. The predicted octanol–water partition coefficient (Wildman–Crippen LogP) is 19.9. The number of rotatable bonds is 10. The van der Waals surface area contributed by atoms with Gasteiger partial charge in [-0.25, -0.2) is 0 Å². The summed E-state index contributed by atoms with van der Waals surface area (Å²) in [5, 5.41) is 4.70. The first-order chi connectivity index (χ1) is 37.2. The van der Waals surface area contributed by atoms with E-state index in [2.05, 4.69) is 282 Å². The number of aromatic nitrogens is 1. The number of hydrogen-bond donors (Lipinski definition) is 0.